The molecular formula is C8H13NO3S. The van der Waals surface area contributed by atoms with E-state index < -0.39 is 9.84 Å². The third-order valence-corrected chi connectivity index (χ3v) is 3.71. The smallest absolute Gasteiger partial charge is 0.156 e. The van der Waals surface area contributed by atoms with E-state index in [4.69, 9.17) is 0 Å². The van der Waals surface area contributed by atoms with Crippen molar-refractivity contribution in [3.63, 3.8) is 0 Å². The summed E-state index contributed by atoms with van der Waals surface area (Å²) < 4.78 is 22.3. The molecule has 0 saturated carbocycles. The Hall–Kier alpha value is -0.680. The molecule has 0 aromatic heterocycles. The Morgan fingerprint density at radius 2 is 2.31 bits per heavy atom. The van der Waals surface area contributed by atoms with Gasteiger partial charge in [0.25, 0.3) is 0 Å². The van der Waals surface area contributed by atoms with Gasteiger partial charge in [-0.1, -0.05) is 6.58 Å². The normalized spacial score (nSPS) is 26.6. The zero-order valence-corrected chi connectivity index (χ0v) is 8.14. The van der Waals surface area contributed by atoms with Crippen LogP contribution in [-0.4, -0.2) is 38.3 Å². The van der Waals surface area contributed by atoms with Gasteiger partial charge in [-0.2, -0.15) is 0 Å². The van der Waals surface area contributed by atoms with E-state index in [1.807, 2.05) is 0 Å². The lowest BCUT2D eigenvalue weighted by Crippen LogP contribution is -2.45. The molecule has 1 aliphatic heterocycles. The highest BCUT2D eigenvalue weighted by Crippen LogP contribution is 2.05. The third kappa shape index (κ3) is 3.28. The fraction of sp³-hybridized carbons (Fsp3) is 0.625. The second-order valence-electron chi connectivity index (χ2n) is 3.14. The minimum absolute atomic E-state index is 0.0621. The Bertz CT molecular complexity index is 307. The van der Waals surface area contributed by atoms with E-state index in [0.29, 0.717) is 6.54 Å². The highest BCUT2D eigenvalue weighted by molar-refractivity contribution is 7.91. The Kier molecular flexibility index (Phi) is 3.22. The minimum Gasteiger partial charge on any atom is -0.312 e. The van der Waals surface area contributed by atoms with Gasteiger partial charge in [-0.15, -0.1) is 0 Å². The van der Waals surface area contributed by atoms with Crippen molar-refractivity contribution in [3.8, 4) is 0 Å². The maximum Gasteiger partial charge on any atom is 0.156 e. The zero-order valence-electron chi connectivity index (χ0n) is 7.32. The van der Waals surface area contributed by atoms with Crippen LogP contribution in [0.1, 0.15) is 6.42 Å². The molecule has 0 bridgehead atoms. The van der Waals surface area contributed by atoms with Gasteiger partial charge >= 0.3 is 0 Å². The number of sulfone groups is 1. The molecule has 0 spiro atoms. The van der Waals surface area contributed by atoms with Gasteiger partial charge in [-0.3, -0.25) is 4.79 Å². The molecule has 0 radical (unpaired) electrons. The van der Waals surface area contributed by atoms with Crippen LogP contribution in [0, 0.1) is 0 Å². The van der Waals surface area contributed by atoms with Crippen molar-refractivity contribution in [2.75, 3.05) is 18.1 Å². The molecule has 1 fully saturated rings. The van der Waals surface area contributed by atoms with Crippen molar-refractivity contribution < 1.29 is 13.2 Å². The molecule has 4 nitrogen and oxygen atoms in total. The van der Waals surface area contributed by atoms with E-state index in [1.165, 1.54) is 6.08 Å². The molecule has 1 atom stereocenters. The number of carbonyl (C=O) groups excluding carboxylic acids is 1. The van der Waals surface area contributed by atoms with E-state index in [-0.39, 0.29) is 29.8 Å². The number of nitrogens with one attached hydrogen (secondary N) is 1. The molecule has 1 rings (SSSR count). The van der Waals surface area contributed by atoms with Crippen LogP contribution < -0.4 is 5.32 Å². The van der Waals surface area contributed by atoms with Crippen molar-refractivity contribution in [1.29, 1.82) is 0 Å². The molecule has 1 aliphatic rings. The van der Waals surface area contributed by atoms with E-state index in [0.717, 1.165) is 0 Å². The fourth-order valence-corrected chi connectivity index (χ4v) is 2.77. The Labute approximate surface area is 77.9 Å². The quantitative estimate of drug-likeness (QED) is 0.629. The average Bonchev–Trinajstić information content (AvgIpc) is 2.02. The minimum atomic E-state index is -2.93. The molecule has 1 saturated heterocycles. The van der Waals surface area contributed by atoms with Crippen LogP contribution in [0.4, 0.5) is 0 Å². The zero-order chi connectivity index (χ0) is 9.90. The molecule has 0 aliphatic carbocycles. The van der Waals surface area contributed by atoms with Gasteiger partial charge in [-0.25, -0.2) is 8.42 Å². The number of ketones is 1. The first kappa shape index (κ1) is 10.4. The number of rotatable bonds is 3. The molecular weight excluding hydrogens is 190 g/mol. The molecule has 5 heteroatoms. The fourth-order valence-electron chi connectivity index (χ4n) is 1.32. The van der Waals surface area contributed by atoms with Crippen molar-refractivity contribution in [2.24, 2.45) is 0 Å². The molecule has 0 amide bonds. The van der Waals surface area contributed by atoms with Crippen LogP contribution in [0.25, 0.3) is 0 Å². The van der Waals surface area contributed by atoms with Gasteiger partial charge in [0.1, 0.15) is 0 Å². The van der Waals surface area contributed by atoms with Crippen LogP contribution in [0.2, 0.25) is 0 Å². The van der Waals surface area contributed by atoms with Crippen molar-refractivity contribution >= 4 is 15.6 Å². The van der Waals surface area contributed by atoms with Crippen LogP contribution in [0.3, 0.4) is 0 Å². The summed E-state index contributed by atoms with van der Waals surface area (Å²) in [6.45, 7) is 3.78. The van der Waals surface area contributed by atoms with Gasteiger partial charge in [0, 0.05) is 19.0 Å². The lowest BCUT2D eigenvalue weighted by atomic mass is 10.1. The van der Waals surface area contributed by atoms with E-state index in [2.05, 4.69) is 11.9 Å². The van der Waals surface area contributed by atoms with Gasteiger partial charge < -0.3 is 5.32 Å². The summed E-state index contributed by atoms with van der Waals surface area (Å²) in [6, 6.07) is -0.232. The van der Waals surface area contributed by atoms with Gasteiger partial charge in [0.05, 0.1) is 11.5 Å². The maximum atomic E-state index is 11.2. The van der Waals surface area contributed by atoms with Crippen molar-refractivity contribution in [2.45, 2.75) is 12.5 Å². The molecule has 0 aromatic carbocycles. The number of hydrogen-bond acceptors (Lipinski definition) is 4. The molecule has 74 valence electrons. The Morgan fingerprint density at radius 1 is 1.62 bits per heavy atom. The first-order valence-electron chi connectivity index (χ1n) is 4.12. The third-order valence-electron chi connectivity index (χ3n) is 1.98. The standard InChI is InChI=1S/C8H13NO3S/c1-2-8(10)5-7-6-13(11,12)4-3-9-7/h2,7,9H,1,3-6H2. The molecule has 1 heterocycles. The summed E-state index contributed by atoms with van der Waals surface area (Å²) in [5, 5.41) is 2.99. The second-order valence-corrected chi connectivity index (χ2v) is 5.37. The predicted octanol–water partition coefficient (Wildman–Crippen LogP) is -0.482. The van der Waals surface area contributed by atoms with Crippen LogP contribution in [0.15, 0.2) is 12.7 Å². The maximum absolute atomic E-state index is 11.2. The molecule has 1 N–H and O–H groups in total. The predicted molar refractivity (Wildman–Crippen MR) is 50.3 cm³/mol. The largest absolute Gasteiger partial charge is 0.312 e. The Morgan fingerprint density at radius 3 is 2.85 bits per heavy atom. The SMILES string of the molecule is C=CC(=O)CC1CS(=O)(=O)CCN1. The average molecular weight is 203 g/mol. The van der Waals surface area contributed by atoms with Crippen LogP contribution in [-0.2, 0) is 14.6 Å². The first-order chi connectivity index (χ1) is 6.03. The Balaban J connectivity index is 2.53. The van der Waals surface area contributed by atoms with Crippen molar-refractivity contribution in [3.05, 3.63) is 12.7 Å². The van der Waals surface area contributed by atoms with Crippen LogP contribution in [0.5, 0.6) is 0 Å². The van der Waals surface area contributed by atoms with Crippen LogP contribution >= 0.6 is 0 Å². The topological polar surface area (TPSA) is 63.2 Å². The highest BCUT2D eigenvalue weighted by atomic mass is 32.2. The van der Waals surface area contributed by atoms with E-state index in [1.54, 1.807) is 0 Å². The van der Waals surface area contributed by atoms with Gasteiger partial charge in [-0.05, 0) is 6.08 Å². The van der Waals surface area contributed by atoms with Crippen molar-refractivity contribution in [1.82, 2.24) is 5.32 Å². The molecule has 1 unspecified atom stereocenters. The van der Waals surface area contributed by atoms with Gasteiger partial charge in [0.15, 0.2) is 15.6 Å². The number of allylic oxidation sites excluding steroid dienone is 1. The molecule has 0 aromatic rings. The molecule has 13 heavy (non-hydrogen) atoms. The summed E-state index contributed by atoms with van der Waals surface area (Å²) in [4.78, 5) is 10.9. The van der Waals surface area contributed by atoms with Gasteiger partial charge in [0.2, 0.25) is 0 Å². The monoisotopic (exact) mass is 203 g/mol. The number of carbonyl (C=O) groups is 1. The summed E-state index contributed by atoms with van der Waals surface area (Å²) in [5.41, 5.74) is 0. The summed E-state index contributed by atoms with van der Waals surface area (Å²) >= 11 is 0. The first-order valence-corrected chi connectivity index (χ1v) is 5.95. The summed E-state index contributed by atoms with van der Waals surface area (Å²) in [5.74, 6) is 0.118. The second kappa shape index (κ2) is 4.02. The van der Waals surface area contributed by atoms with E-state index in [9.17, 15) is 13.2 Å². The van der Waals surface area contributed by atoms with E-state index >= 15 is 0 Å². The summed E-state index contributed by atoms with van der Waals surface area (Å²) in [6.07, 6.45) is 1.45. The lowest BCUT2D eigenvalue weighted by molar-refractivity contribution is -0.114. The summed E-state index contributed by atoms with van der Waals surface area (Å²) in [7, 11) is -2.93. The number of hydrogen-bond donors (Lipinski definition) is 1. The highest BCUT2D eigenvalue weighted by Gasteiger charge is 2.24. The lowest BCUT2D eigenvalue weighted by Gasteiger charge is -2.22.